The molecule has 1 unspecified atom stereocenters. The fourth-order valence-corrected chi connectivity index (χ4v) is 3.50. The van der Waals surface area contributed by atoms with Crippen molar-refractivity contribution in [1.29, 1.82) is 0 Å². The predicted molar refractivity (Wildman–Crippen MR) is 79.4 cm³/mol. The van der Waals surface area contributed by atoms with Crippen LogP contribution >= 0.6 is 27.7 Å². The van der Waals surface area contributed by atoms with Gasteiger partial charge in [-0.1, -0.05) is 15.9 Å². The molecule has 3 rings (SSSR count). The lowest BCUT2D eigenvalue weighted by atomic mass is 10.2. The van der Waals surface area contributed by atoms with Gasteiger partial charge in [-0.25, -0.2) is 0 Å². The van der Waals surface area contributed by atoms with Crippen molar-refractivity contribution in [3.63, 3.8) is 0 Å². The largest absolute Gasteiger partial charge is 0.467 e. The zero-order valence-electron chi connectivity index (χ0n) is 10.3. The van der Waals surface area contributed by atoms with Crippen LogP contribution in [0.15, 0.2) is 50.4 Å². The molecule has 5 heteroatoms. The van der Waals surface area contributed by atoms with E-state index >= 15 is 0 Å². The molecule has 0 bridgehead atoms. The molecule has 1 atom stereocenters. The Morgan fingerprint density at radius 1 is 1.42 bits per heavy atom. The van der Waals surface area contributed by atoms with Crippen molar-refractivity contribution in [3.8, 4) is 0 Å². The van der Waals surface area contributed by atoms with Crippen LogP contribution in [0.3, 0.4) is 0 Å². The third-order valence-corrected chi connectivity index (χ3v) is 4.67. The highest BCUT2D eigenvalue weighted by molar-refractivity contribution is 9.10. The Labute approximate surface area is 124 Å². The molecule has 2 aromatic rings. The summed E-state index contributed by atoms with van der Waals surface area (Å²) in [6.07, 6.45) is 1.63. The summed E-state index contributed by atoms with van der Waals surface area (Å²) in [5.41, 5.74) is 0.943. The van der Waals surface area contributed by atoms with E-state index in [0.29, 0.717) is 6.54 Å². The van der Waals surface area contributed by atoms with Crippen LogP contribution in [0.4, 0.5) is 5.69 Å². The average molecular weight is 338 g/mol. The van der Waals surface area contributed by atoms with E-state index in [1.54, 1.807) is 22.9 Å². The van der Waals surface area contributed by atoms with Crippen molar-refractivity contribution in [3.05, 3.63) is 46.8 Å². The first-order valence-corrected chi connectivity index (χ1v) is 7.62. The number of carbonyl (C=O) groups excluding carboxylic acids is 1. The summed E-state index contributed by atoms with van der Waals surface area (Å²) in [6.45, 7) is 2.41. The topological polar surface area (TPSA) is 33.5 Å². The number of anilines is 1. The van der Waals surface area contributed by atoms with E-state index in [0.717, 1.165) is 20.8 Å². The number of furan rings is 1. The van der Waals surface area contributed by atoms with Crippen molar-refractivity contribution >= 4 is 39.3 Å². The SMILES string of the molecule is CC1Sc2ccc(Br)cc2N(Cc2ccco2)C1=O. The second-order valence-electron chi connectivity index (χ2n) is 4.38. The quantitative estimate of drug-likeness (QED) is 0.828. The van der Waals surface area contributed by atoms with Crippen LogP contribution in [0.1, 0.15) is 12.7 Å². The summed E-state index contributed by atoms with van der Waals surface area (Å²) in [4.78, 5) is 15.3. The second-order valence-corrected chi connectivity index (χ2v) is 6.67. The fourth-order valence-electron chi connectivity index (χ4n) is 2.10. The number of halogens is 1. The number of amides is 1. The Hall–Kier alpha value is -1.20. The van der Waals surface area contributed by atoms with Crippen LogP contribution in [-0.2, 0) is 11.3 Å². The number of benzene rings is 1. The van der Waals surface area contributed by atoms with Gasteiger partial charge < -0.3 is 9.32 Å². The molecule has 0 aliphatic carbocycles. The molecule has 2 heterocycles. The van der Waals surface area contributed by atoms with E-state index in [4.69, 9.17) is 4.42 Å². The molecule has 0 N–H and O–H groups in total. The molecular weight excluding hydrogens is 326 g/mol. The summed E-state index contributed by atoms with van der Waals surface area (Å²) < 4.78 is 6.32. The number of hydrogen-bond donors (Lipinski definition) is 0. The molecule has 0 saturated heterocycles. The van der Waals surface area contributed by atoms with Gasteiger partial charge in [-0.05, 0) is 37.3 Å². The van der Waals surface area contributed by atoms with Crippen molar-refractivity contribution in [2.24, 2.45) is 0 Å². The smallest absolute Gasteiger partial charge is 0.240 e. The molecule has 0 spiro atoms. The first-order valence-electron chi connectivity index (χ1n) is 5.95. The number of hydrogen-bond acceptors (Lipinski definition) is 3. The molecule has 0 saturated carbocycles. The first-order chi connectivity index (χ1) is 9.15. The summed E-state index contributed by atoms with van der Waals surface area (Å²) >= 11 is 5.06. The predicted octanol–water partition coefficient (Wildman–Crippen LogP) is 4.07. The molecular formula is C14H12BrNO2S. The molecule has 1 amide bonds. The molecule has 3 nitrogen and oxygen atoms in total. The van der Waals surface area contributed by atoms with Gasteiger partial charge in [0.2, 0.25) is 5.91 Å². The van der Waals surface area contributed by atoms with Crippen LogP contribution in [0.5, 0.6) is 0 Å². The van der Waals surface area contributed by atoms with Gasteiger partial charge in [0.15, 0.2) is 0 Å². The normalized spacial score (nSPS) is 18.5. The van der Waals surface area contributed by atoms with Crippen molar-refractivity contribution in [2.75, 3.05) is 4.90 Å². The van der Waals surface area contributed by atoms with Gasteiger partial charge in [-0.2, -0.15) is 0 Å². The monoisotopic (exact) mass is 337 g/mol. The summed E-state index contributed by atoms with van der Waals surface area (Å²) in [6, 6.07) is 9.75. The van der Waals surface area contributed by atoms with Gasteiger partial charge in [-0.3, -0.25) is 4.79 Å². The Morgan fingerprint density at radius 3 is 3.00 bits per heavy atom. The lowest BCUT2D eigenvalue weighted by molar-refractivity contribution is -0.118. The van der Waals surface area contributed by atoms with Gasteiger partial charge in [0.1, 0.15) is 5.76 Å². The lowest BCUT2D eigenvalue weighted by Crippen LogP contribution is -2.39. The van der Waals surface area contributed by atoms with Crippen LogP contribution in [0.25, 0.3) is 0 Å². The minimum atomic E-state index is -0.0661. The van der Waals surface area contributed by atoms with E-state index < -0.39 is 0 Å². The maximum atomic E-state index is 12.4. The Bertz CT molecular complexity index is 612. The zero-order valence-corrected chi connectivity index (χ0v) is 12.7. The molecule has 1 aromatic heterocycles. The van der Waals surface area contributed by atoms with E-state index in [1.807, 2.05) is 37.3 Å². The third kappa shape index (κ3) is 2.44. The van der Waals surface area contributed by atoms with Crippen LogP contribution < -0.4 is 4.90 Å². The van der Waals surface area contributed by atoms with Gasteiger partial charge >= 0.3 is 0 Å². The zero-order chi connectivity index (χ0) is 13.4. The number of rotatable bonds is 2. The summed E-state index contributed by atoms with van der Waals surface area (Å²) in [5, 5.41) is -0.0661. The second kappa shape index (κ2) is 5.06. The van der Waals surface area contributed by atoms with Gasteiger partial charge in [0.25, 0.3) is 0 Å². The highest BCUT2D eigenvalue weighted by Crippen LogP contribution is 2.41. The maximum Gasteiger partial charge on any atom is 0.240 e. The molecule has 0 fully saturated rings. The van der Waals surface area contributed by atoms with Gasteiger partial charge in [-0.15, -0.1) is 11.8 Å². The highest BCUT2D eigenvalue weighted by Gasteiger charge is 2.31. The van der Waals surface area contributed by atoms with Crippen LogP contribution in [0.2, 0.25) is 0 Å². The maximum absolute atomic E-state index is 12.4. The van der Waals surface area contributed by atoms with Crippen molar-refractivity contribution in [2.45, 2.75) is 23.6 Å². The van der Waals surface area contributed by atoms with E-state index in [-0.39, 0.29) is 11.2 Å². The summed E-state index contributed by atoms with van der Waals surface area (Å²) in [7, 11) is 0. The van der Waals surface area contributed by atoms with E-state index in [1.165, 1.54) is 0 Å². The molecule has 1 aliphatic heterocycles. The average Bonchev–Trinajstić information content (AvgIpc) is 2.89. The lowest BCUT2D eigenvalue weighted by Gasteiger charge is -2.31. The van der Waals surface area contributed by atoms with E-state index in [2.05, 4.69) is 15.9 Å². The van der Waals surface area contributed by atoms with Gasteiger partial charge in [0, 0.05) is 9.37 Å². The minimum absolute atomic E-state index is 0.0661. The standard InChI is InChI=1S/C14H12BrNO2S/c1-9-14(17)16(8-11-3-2-6-18-11)12-7-10(15)4-5-13(12)19-9/h2-7,9H,8H2,1H3. The summed E-state index contributed by atoms with van der Waals surface area (Å²) in [5.74, 6) is 0.908. The van der Waals surface area contributed by atoms with Gasteiger partial charge in [0.05, 0.1) is 23.7 Å². The molecule has 0 radical (unpaired) electrons. The number of carbonyl (C=O) groups is 1. The van der Waals surface area contributed by atoms with E-state index in [9.17, 15) is 4.79 Å². The molecule has 1 aliphatic rings. The first kappa shape index (κ1) is 12.8. The highest BCUT2D eigenvalue weighted by atomic mass is 79.9. The molecule has 19 heavy (non-hydrogen) atoms. The molecule has 1 aromatic carbocycles. The number of fused-ring (bicyclic) bond motifs is 1. The molecule has 98 valence electrons. The fraction of sp³-hybridized carbons (Fsp3) is 0.214. The Morgan fingerprint density at radius 2 is 2.26 bits per heavy atom. The van der Waals surface area contributed by atoms with Crippen molar-refractivity contribution < 1.29 is 9.21 Å². The van der Waals surface area contributed by atoms with Crippen LogP contribution in [0, 0.1) is 0 Å². The Balaban J connectivity index is 2.01. The Kier molecular flexibility index (Phi) is 3.41. The number of thioether (sulfide) groups is 1. The van der Waals surface area contributed by atoms with Crippen LogP contribution in [-0.4, -0.2) is 11.2 Å². The number of nitrogens with zero attached hydrogens (tertiary/aromatic N) is 1. The minimum Gasteiger partial charge on any atom is -0.467 e. The third-order valence-electron chi connectivity index (χ3n) is 3.02. The van der Waals surface area contributed by atoms with Crippen molar-refractivity contribution in [1.82, 2.24) is 0 Å².